The van der Waals surface area contributed by atoms with Crippen LogP contribution in [0.1, 0.15) is 22.5 Å². The fourth-order valence-electron chi connectivity index (χ4n) is 1.90. The maximum Gasteiger partial charge on any atom is 0.292 e. The Morgan fingerprint density at radius 2 is 2.29 bits per heavy atom. The molecule has 0 radical (unpaired) electrons. The first-order valence-corrected chi connectivity index (χ1v) is 5.74. The Balaban J connectivity index is 2.14. The molecule has 2 heterocycles. The highest BCUT2D eigenvalue weighted by Crippen LogP contribution is 2.21. The molecule has 0 aliphatic carbocycles. The number of amides is 1. The number of nitrogens with zero attached hydrogens (tertiary/aromatic N) is 2. The van der Waals surface area contributed by atoms with Crippen molar-refractivity contribution < 1.29 is 14.1 Å². The average molecular weight is 239 g/mol. The molecule has 0 unspecified atom stereocenters. The summed E-state index contributed by atoms with van der Waals surface area (Å²) in [6, 6.07) is 0. The standard InChI is InChI=1S/C11H17N3O3/c1-8-9(17-13-10(8)16-2)11(15)14-6-3-4-12-5-7-14/h12H,3-7H2,1-2H3. The largest absolute Gasteiger partial charge is 0.479 e. The molecule has 1 aliphatic rings. The van der Waals surface area contributed by atoms with E-state index in [2.05, 4.69) is 10.5 Å². The predicted molar refractivity (Wildman–Crippen MR) is 61.2 cm³/mol. The van der Waals surface area contributed by atoms with Crippen LogP contribution in [0.4, 0.5) is 0 Å². The number of nitrogens with one attached hydrogen (secondary N) is 1. The van der Waals surface area contributed by atoms with Crippen molar-refractivity contribution in [3.8, 4) is 5.88 Å². The maximum absolute atomic E-state index is 12.2. The van der Waals surface area contributed by atoms with Crippen molar-refractivity contribution in [1.82, 2.24) is 15.4 Å². The second kappa shape index (κ2) is 5.18. The molecular weight excluding hydrogens is 222 g/mol. The van der Waals surface area contributed by atoms with E-state index in [4.69, 9.17) is 9.26 Å². The van der Waals surface area contributed by atoms with E-state index < -0.39 is 0 Å². The van der Waals surface area contributed by atoms with Crippen LogP contribution in [0.2, 0.25) is 0 Å². The highest BCUT2D eigenvalue weighted by atomic mass is 16.5. The van der Waals surface area contributed by atoms with Gasteiger partial charge in [-0.25, -0.2) is 0 Å². The topological polar surface area (TPSA) is 67.6 Å². The molecule has 1 aromatic rings. The molecule has 6 nitrogen and oxygen atoms in total. The number of hydrogen-bond donors (Lipinski definition) is 1. The Morgan fingerprint density at radius 3 is 3.00 bits per heavy atom. The van der Waals surface area contributed by atoms with Crippen LogP contribution in [0.5, 0.6) is 5.88 Å². The van der Waals surface area contributed by atoms with Gasteiger partial charge >= 0.3 is 0 Å². The highest BCUT2D eigenvalue weighted by Gasteiger charge is 2.25. The molecule has 0 aromatic carbocycles. The minimum Gasteiger partial charge on any atom is -0.479 e. The first-order valence-electron chi connectivity index (χ1n) is 5.74. The third-order valence-electron chi connectivity index (χ3n) is 2.90. The van der Waals surface area contributed by atoms with Crippen molar-refractivity contribution in [3.05, 3.63) is 11.3 Å². The molecular formula is C11H17N3O3. The van der Waals surface area contributed by atoms with E-state index in [0.717, 1.165) is 26.1 Å². The number of carbonyl (C=O) groups excluding carboxylic acids is 1. The fourth-order valence-corrected chi connectivity index (χ4v) is 1.90. The van der Waals surface area contributed by atoms with Gasteiger partial charge in [-0.1, -0.05) is 0 Å². The van der Waals surface area contributed by atoms with Gasteiger partial charge in [0.25, 0.3) is 11.8 Å². The summed E-state index contributed by atoms with van der Waals surface area (Å²) < 4.78 is 10.1. The van der Waals surface area contributed by atoms with Crippen molar-refractivity contribution in [2.75, 3.05) is 33.3 Å². The van der Waals surface area contributed by atoms with Crippen molar-refractivity contribution in [2.45, 2.75) is 13.3 Å². The van der Waals surface area contributed by atoms with Crippen molar-refractivity contribution in [3.63, 3.8) is 0 Å². The number of carbonyl (C=O) groups is 1. The predicted octanol–water partition coefficient (Wildman–Crippen LogP) is 0.427. The molecule has 0 atom stereocenters. The summed E-state index contributed by atoms with van der Waals surface area (Å²) in [6.45, 7) is 4.98. The van der Waals surface area contributed by atoms with Gasteiger partial charge in [0.15, 0.2) is 0 Å². The Labute approximate surface area is 99.9 Å². The SMILES string of the molecule is COc1noc(C(=O)N2CCCNCC2)c1C. The Bertz CT molecular complexity index is 395. The highest BCUT2D eigenvalue weighted by molar-refractivity contribution is 5.93. The van der Waals surface area contributed by atoms with Crippen LogP contribution in [0, 0.1) is 6.92 Å². The molecule has 0 spiro atoms. The van der Waals surface area contributed by atoms with Crippen molar-refractivity contribution in [2.24, 2.45) is 0 Å². The van der Waals surface area contributed by atoms with E-state index in [0.29, 0.717) is 18.0 Å². The number of aromatic nitrogens is 1. The summed E-state index contributed by atoms with van der Waals surface area (Å²) in [6.07, 6.45) is 0.954. The summed E-state index contributed by atoms with van der Waals surface area (Å²) >= 11 is 0. The molecule has 0 bridgehead atoms. The third-order valence-corrected chi connectivity index (χ3v) is 2.90. The lowest BCUT2D eigenvalue weighted by molar-refractivity contribution is 0.0723. The van der Waals surface area contributed by atoms with Crippen LogP contribution in [0.3, 0.4) is 0 Å². The normalized spacial score (nSPS) is 16.7. The van der Waals surface area contributed by atoms with Gasteiger partial charge in [-0.2, -0.15) is 0 Å². The van der Waals surface area contributed by atoms with E-state index >= 15 is 0 Å². The molecule has 1 amide bonds. The zero-order chi connectivity index (χ0) is 12.3. The van der Waals surface area contributed by atoms with Crippen LogP contribution >= 0.6 is 0 Å². The lowest BCUT2D eigenvalue weighted by Crippen LogP contribution is -2.34. The minimum absolute atomic E-state index is 0.109. The molecule has 1 N–H and O–H groups in total. The number of rotatable bonds is 2. The van der Waals surface area contributed by atoms with E-state index in [-0.39, 0.29) is 11.7 Å². The van der Waals surface area contributed by atoms with Crippen LogP contribution in [-0.4, -0.2) is 49.3 Å². The van der Waals surface area contributed by atoms with Gasteiger partial charge in [0.1, 0.15) is 0 Å². The second-order valence-electron chi connectivity index (χ2n) is 4.04. The molecule has 1 aromatic heterocycles. The van der Waals surface area contributed by atoms with Gasteiger partial charge in [0.05, 0.1) is 12.7 Å². The van der Waals surface area contributed by atoms with Crippen LogP contribution in [0.15, 0.2) is 4.52 Å². The van der Waals surface area contributed by atoms with E-state index in [1.165, 1.54) is 7.11 Å². The Kier molecular flexibility index (Phi) is 3.63. The summed E-state index contributed by atoms with van der Waals surface area (Å²) in [5.74, 6) is 0.548. The number of methoxy groups -OCH3 is 1. The summed E-state index contributed by atoms with van der Waals surface area (Å²) in [5, 5.41) is 6.96. The quantitative estimate of drug-likeness (QED) is 0.810. The maximum atomic E-state index is 12.2. The lowest BCUT2D eigenvalue weighted by atomic mass is 10.2. The molecule has 6 heteroatoms. The van der Waals surface area contributed by atoms with Gasteiger partial charge in [-0.05, 0) is 25.0 Å². The molecule has 2 rings (SSSR count). The van der Waals surface area contributed by atoms with Crippen molar-refractivity contribution >= 4 is 5.91 Å². The Morgan fingerprint density at radius 1 is 1.47 bits per heavy atom. The molecule has 94 valence electrons. The smallest absolute Gasteiger partial charge is 0.292 e. The fraction of sp³-hybridized carbons (Fsp3) is 0.636. The minimum atomic E-state index is -0.109. The Hall–Kier alpha value is -1.56. The van der Waals surface area contributed by atoms with Gasteiger partial charge in [0, 0.05) is 19.6 Å². The molecule has 17 heavy (non-hydrogen) atoms. The molecule has 1 saturated heterocycles. The van der Waals surface area contributed by atoms with Gasteiger partial charge in [-0.3, -0.25) is 4.79 Å². The number of hydrogen-bond acceptors (Lipinski definition) is 5. The van der Waals surface area contributed by atoms with Gasteiger partial charge < -0.3 is 19.5 Å². The van der Waals surface area contributed by atoms with Gasteiger partial charge in [-0.15, -0.1) is 0 Å². The molecule has 0 saturated carbocycles. The summed E-state index contributed by atoms with van der Waals surface area (Å²) in [4.78, 5) is 14.0. The zero-order valence-corrected chi connectivity index (χ0v) is 10.2. The zero-order valence-electron chi connectivity index (χ0n) is 10.2. The molecule has 1 fully saturated rings. The van der Waals surface area contributed by atoms with Crippen LogP contribution in [0.25, 0.3) is 0 Å². The first kappa shape index (κ1) is 11.9. The van der Waals surface area contributed by atoms with Crippen LogP contribution in [-0.2, 0) is 0 Å². The lowest BCUT2D eigenvalue weighted by Gasteiger charge is -2.18. The van der Waals surface area contributed by atoms with E-state index in [1.54, 1.807) is 11.8 Å². The van der Waals surface area contributed by atoms with Gasteiger partial charge in [0.2, 0.25) is 5.76 Å². The van der Waals surface area contributed by atoms with Crippen molar-refractivity contribution in [1.29, 1.82) is 0 Å². The van der Waals surface area contributed by atoms with E-state index in [1.807, 2.05) is 0 Å². The molecule has 1 aliphatic heterocycles. The summed E-state index contributed by atoms with van der Waals surface area (Å²) in [7, 11) is 1.51. The third kappa shape index (κ3) is 2.41. The first-order chi connectivity index (χ1) is 8.24. The van der Waals surface area contributed by atoms with E-state index in [9.17, 15) is 4.79 Å². The second-order valence-corrected chi connectivity index (χ2v) is 4.04. The number of ether oxygens (including phenoxy) is 1. The van der Waals surface area contributed by atoms with Crippen LogP contribution < -0.4 is 10.1 Å². The monoisotopic (exact) mass is 239 g/mol. The average Bonchev–Trinajstić information content (AvgIpc) is 2.57. The summed E-state index contributed by atoms with van der Waals surface area (Å²) in [5.41, 5.74) is 0.662.